The van der Waals surface area contributed by atoms with Crippen LogP contribution < -0.4 is 15.1 Å². The fourth-order valence-electron chi connectivity index (χ4n) is 6.76. The number of rotatable bonds is 7. The summed E-state index contributed by atoms with van der Waals surface area (Å²) in [5.41, 5.74) is 3.98. The maximum atomic E-state index is 14.2. The van der Waals surface area contributed by atoms with Gasteiger partial charge in [0.2, 0.25) is 11.8 Å². The summed E-state index contributed by atoms with van der Waals surface area (Å²) in [5.74, 6) is -1.92. The van der Waals surface area contributed by atoms with Gasteiger partial charge in [-0.1, -0.05) is 73.2 Å². The maximum absolute atomic E-state index is 14.2. The lowest BCUT2D eigenvalue weighted by molar-refractivity contribution is -0.123. The van der Waals surface area contributed by atoms with Gasteiger partial charge in [0, 0.05) is 11.7 Å². The molecule has 5 amide bonds. The number of nitrogens with one attached hydrogen (secondary N) is 1. The average molecular weight is 629 g/mol. The Morgan fingerprint density at radius 3 is 2.04 bits per heavy atom. The van der Waals surface area contributed by atoms with Crippen LogP contribution in [-0.4, -0.2) is 47.2 Å². The summed E-state index contributed by atoms with van der Waals surface area (Å²) < 4.78 is 5.31. The number of amides is 5. The third-order valence-electron chi connectivity index (χ3n) is 9.02. The number of anilines is 3. The Bertz CT molecular complexity index is 1840. The highest BCUT2D eigenvalue weighted by Gasteiger charge is 2.47. The fraction of sp³-hybridized carbons (Fsp3) is 0.216. The molecular weight excluding hydrogens is 596 g/mol. The zero-order valence-electron chi connectivity index (χ0n) is 25.5. The van der Waals surface area contributed by atoms with E-state index in [1.165, 1.54) is 0 Å². The van der Waals surface area contributed by atoms with Crippen molar-refractivity contribution in [3.63, 3.8) is 0 Å². The molecule has 1 aliphatic carbocycles. The summed E-state index contributed by atoms with van der Waals surface area (Å²) in [6.45, 7) is -0.0141. The Morgan fingerprint density at radius 1 is 0.702 bits per heavy atom. The van der Waals surface area contributed by atoms with Crippen molar-refractivity contribution >= 4 is 46.8 Å². The molecule has 10 nitrogen and oxygen atoms in total. The quantitative estimate of drug-likeness (QED) is 0.260. The number of nitrogens with zero attached hydrogens (tertiary/aromatic N) is 3. The first-order valence-electron chi connectivity index (χ1n) is 15.6. The van der Waals surface area contributed by atoms with E-state index in [9.17, 15) is 24.0 Å². The number of carbonyl (C=O) groups excluding carboxylic acids is 5. The number of hydrogen-bond acceptors (Lipinski definition) is 6. The van der Waals surface area contributed by atoms with Crippen LogP contribution in [0.1, 0.15) is 51.1 Å². The second-order valence-electron chi connectivity index (χ2n) is 11.9. The number of hydrogen-bond donors (Lipinski definition) is 1. The monoisotopic (exact) mass is 628 g/mol. The summed E-state index contributed by atoms with van der Waals surface area (Å²) in [6, 6.07) is 30.0. The zero-order valence-corrected chi connectivity index (χ0v) is 25.5. The molecule has 2 aliphatic heterocycles. The van der Waals surface area contributed by atoms with Crippen LogP contribution in [-0.2, 0) is 27.5 Å². The smallest absolute Gasteiger partial charge is 0.411 e. The van der Waals surface area contributed by atoms with E-state index in [1.54, 1.807) is 46.2 Å². The van der Waals surface area contributed by atoms with Gasteiger partial charge >= 0.3 is 6.09 Å². The number of ether oxygens (including phenoxy) is 1. The van der Waals surface area contributed by atoms with Gasteiger partial charge in [-0.15, -0.1) is 0 Å². The van der Waals surface area contributed by atoms with E-state index in [2.05, 4.69) is 5.32 Å². The van der Waals surface area contributed by atoms with Crippen LogP contribution in [0.25, 0.3) is 0 Å². The number of benzene rings is 4. The van der Waals surface area contributed by atoms with Crippen LogP contribution in [0.5, 0.6) is 0 Å². The first kappa shape index (κ1) is 29.9. The average Bonchev–Trinajstić information content (AvgIpc) is 3.64. The molecule has 1 fully saturated rings. The first-order valence-corrected chi connectivity index (χ1v) is 15.6. The lowest BCUT2D eigenvalue weighted by Crippen LogP contribution is -2.49. The molecule has 4 aromatic carbocycles. The van der Waals surface area contributed by atoms with Gasteiger partial charge in [0.05, 0.1) is 35.0 Å². The lowest BCUT2D eigenvalue weighted by atomic mass is 10.0. The van der Waals surface area contributed by atoms with Gasteiger partial charge in [-0.2, -0.15) is 0 Å². The van der Waals surface area contributed by atoms with Crippen LogP contribution in [0, 0.1) is 5.92 Å². The normalized spacial score (nSPS) is 18.4. The predicted octanol–water partition coefficient (Wildman–Crippen LogP) is 5.78. The molecule has 10 heteroatoms. The third-order valence-corrected chi connectivity index (χ3v) is 9.02. The molecule has 236 valence electrons. The van der Waals surface area contributed by atoms with Crippen LogP contribution in [0.3, 0.4) is 0 Å². The van der Waals surface area contributed by atoms with Gasteiger partial charge < -0.3 is 14.5 Å². The summed E-state index contributed by atoms with van der Waals surface area (Å²) >= 11 is 0. The molecule has 1 saturated carbocycles. The molecular formula is C37H32N4O6. The molecule has 4 aromatic rings. The van der Waals surface area contributed by atoms with E-state index in [4.69, 9.17) is 4.74 Å². The van der Waals surface area contributed by atoms with E-state index in [0.29, 0.717) is 29.9 Å². The van der Waals surface area contributed by atoms with Crippen molar-refractivity contribution in [2.24, 2.45) is 5.92 Å². The predicted molar refractivity (Wildman–Crippen MR) is 175 cm³/mol. The minimum absolute atomic E-state index is 0.0809. The Morgan fingerprint density at radius 2 is 1.34 bits per heavy atom. The molecule has 0 bridgehead atoms. The molecule has 47 heavy (non-hydrogen) atoms. The minimum Gasteiger partial charge on any atom is -0.444 e. The first-order chi connectivity index (χ1) is 22.9. The molecule has 7 rings (SSSR count). The van der Waals surface area contributed by atoms with Crippen molar-refractivity contribution in [2.75, 3.05) is 21.7 Å². The third kappa shape index (κ3) is 5.74. The summed E-state index contributed by atoms with van der Waals surface area (Å²) in [5, 5.41) is 2.73. The SMILES string of the molecule is O=C(Nc1ccc(CN2C(=O)C3CCCC3N(C(=O)CN3C(=O)c4ccccc4C3=O)c3ccccc32)cc1)OCc1ccccc1. The summed E-state index contributed by atoms with van der Waals surface area (Å²) in [7, 11) is 0. The van der Waals surface area contributed by atoms with Crippen molar-refractivity contribution in [1.29, 1.82) is 0 Å². The van der Waals surface area contributed by atoms with E-state index in [-0.39, 0.29) is 30.2 Å². The van der Waals surface area contributed by atoms with Gasteiger partial charge in [-0.05, 0) is 60.4 Å². The van der Waals surface area contributed by atoms with Gasteiger partial charge in [0.1, 0.15) is 13.2 Å². The Balaban J connectivity index is 1.10. The highest BCUT2D eigenvalue weighted by Crippen LogP contribution is 2.43. The maximum Gasteiger partial charge on any atom is 0.411 e. The molecule has 0 saturated heterocycles. The van der Waals surface area contributed by atoms with Crippen LogP contribution >= 0.6 is 0 Å². The number of para-hydroxylation sites is 2. The molecule has 0 spiro atoms. The molecule has 2 atom stereocenters. The standard InChI is InChI=1S/C37H32N4O6/c42-33(22-40-34(43)27-11-4-5-12-28(27)35(40)44)41-30-16-8-13-29(30)36(45)39(31-14-6-7-15-32(31)41)21-24-17-19-26(20-18-24)38-37(46)47-23-25-9-2-1-3-10-25/h1-7,9-12,14-15,17-20,29-30H,8,13,16,21-23H2,(H,38,46). The number of fused-ring (bicyclic) bond motifs is 3. The summed E-state index contributed by atoms with van der Waals surface area (Å²) in [4.78, 5) is 71.1. The molecule has 0 radical (unpaired) electrons. The van der Waals surface area contributed by atoms with Crippen molar-refractivity contribution in [2.45, 2.75) is 38.5 Å². The van der Waals surface area contributed by atoms with E-state index in [1.807, 2.05) is 66.7 Å². The second kappa shape index (κ2) is 12.6. The van der Waals surface area contributed by atoms with Gasteiger partial charge in [0.15, 0.2) is 0 Å². The fourth-order valence-corrected chi connectivity index (χ4v) is 6.76. The second-order valence-corrected chi connectivity index (χ2v) is 11.9. The van der Waals surface area contributed by atoms with Gasteiger partial charge in [-0.25, -0.2) is 4.79 Å². The van der Waals surface area contributed by atoms with E-state index >= 15 is 0 Å². The van der Waals surface area contributed by atoms with E-state index < -0.39 is 42.3 Å². The van der Waals surface area contributed by atoms with Crippen LogP contribution in [0.2, 0.25) is 0 Å². The van der Waals surface area contributed by atoms with Crippen molar-refractivity contribution in [3.8, 4) is 0 Å². The van der Waals surface area contributed by atoms with Gasteiger partial charge in [0.25, 0.3) is 11.8 Å². The molecule has 2 heterocycles. The Labute approximate surface area is 271 Å². The highest BCUT2D eigenvalue weighted by molar-refractivity contribution is 6.23. The molecule has 3 aliphatic rings. The largest absolute Gasteiger partial charge is 0.444 e. The summed E-state index contributed by atoms with van der Waals surface area (Å²) in [6.07, 6.45) is 1.46. The molecule has 0 aromatic heterocycles. The molecule has 2 unspecified atom stereocenters. The topological polar surface area (TPSA) is 116 Å². The Hall–Kier alpha value is -5.77. The Kier molecular flexibility index (Phi) is 7.99. The van der Waals surface area contributed by atoms with Crippen LogP contribution in [0.15, 0.2) is 103 Å². The minimum atomic E-state index is -0.573. The van der Waals surface area contributed by atoms with Gasteiger partial charge in [-0.3, -0.25) is 29.4 Å². The number of carbonyl (C=O) groups is 5. The number of imide groups is 1. The zero-order chi connectivity index (χ0) is 32.5. The highest BCUT2D eigenvalue weighted by atomic mass is 16.5. The van der Waals surface area contributed by atoms with Crippen molar-refractivity contribution < 1.29 is 28.7 Å². The van der Waals surface area contributed by atoms with Crippen molar-refractivity contribution in [3.05, 3.63) is 125 Å². The lowest BCUT2D eigenvalue weighted by Gasteiger charge is -2.31. The molecule has 1 N–H and O–H groups in total. The van der Waals surface area contributed by atoms with E-state index in [0.717, 1.165) is 22.4 Å². The van der Waals surface area contributed by atoms with Crippen LogP contribution in [0.4, 0.5) is 21.9 Å². The van der Waals surface area contributed by atoms with Crippen molar-refractivity contribution in [1.82, 2.24) is 4.90 Å².